The minimum Gasteiger partial charge on any atom is -0.480 e. The van der Waals surface area contributed by atoms with E-state index in [1.807, 2.05) is 68.4 Å². The van der Waals surface area contributed by atoms with Gasteiger partial charge in [-0.3, -0.25) is 20.4 Å². The van der Waals surface area contributed by atoms with E-state index >= 15 is 0 Å². The fourth-order valence-electron chi connectivity index (χ4n) is 2.20. The van der Waals surface area contributed by atoms with E-state index < -0.39 is 6.10 Å². The minimum absolute atomic E-state index is 0.205. The Morgan fingerprint density at radius 3 is 2.33 bits per heavy atom. The van der Waals surface area contributed by atoms with Crippen LogP contribution in [0.1, 0.15) is 24.5 Å². The van der Waals surface area contributed by atoms with Gasteiger partial charge in [0.05, 0.1) is 6.42 Å². The molecule has 2 aromatic rings. The average molecular weight is 326 g/mol. The molecule has 0 fully saturated rings. The topological polar surface area (TPSA) is 67.4 Å². The Balaban J connectivity index is 1.85. The maximum absolute atomic E-state index is 12.2. The molecule has 0 saturated carbocycles. The van der Waals surface area contributed by atoms with Crippen LogP contribution in [0.3, 0.4) is 0 Å². The number of hydrazine groups is 1. The van der Waals surface area contributed by atoms with E-state index in [9.17, 15) is 9.59 Å². The first-order chi connectivity index (χ1) is 11.6. The first kappa shape index (κ1) is 17.5. The van der Waals surface area contributed by atoms with Crippen molar-refractivity contribution in [2.45, 2.75) is 32.8 Å². The smallest absolute Gasteiger partial charge is 0.279 e. The van der Waals surface area contributed by atoms with Crippen molar-refractivity contribution in [1.29, 1.82) is 0 Å². The molecule has 0 radical (unpaired) electrons. The predicted molar refractivity (Wildman–Crippen MR) is 92.3 cm³/mol. The van der Waals surface area contributed by atoms with Crippen LogP contribution < -0.4 is 15.6 Å². The highest BCUT2D eigenvalue weighted by Crippen LogP contribution is 2.18. The maximum Gasteiger partial charge on any atom is 0.279 e. The third-order valence-corrected chi connectivity index (χ3v) is 3.56. The van der Waals surface area contributed by atoms with Gasteiger partial charge in [0.15, 0.2) is 6.10 Å². The van der Waals surface area contributed by atoms with E-state index in [0.717, 1.165) is 11.1 Å². The van der Waals surface area contributed by atoms with Crippen molar-refractivity contribution in [3.8, 4) is 5.75 Å². The Hall–Kier alpha value is -2.82. The molecule has 0 bridgehead atoms. The summed E-state index contributed by atoms with van der Waals surface area (Å²) < 4.78 is 5.74. The number of amides is 2. The average Bonchev–Trinajstić information content (AvgIpc) is 2.60. The number of rotatable bonds is 6. The third kappa shape index (κ3) is 5.12. The second-order valence-electron chi connectivity index (χ2n) is 5.48. The van der Waals surface area contributed by atoms with Crippen molar-refractivity contribution in [2.24, 2.45) is 0 Å². The lowest BCUT2D eigenvalue weighted by molar-refractivity contribution is -0.133. The van der Waals surface area contributed by atoms with Gasteiger partial charge in [-0.05, 0) is 30.5 Å². The molecular formula is C19H22N2O3. The number of carbonyl (C=O) groups is 2. The molecule has 0 spiro atoms. The number of ether oxygens (including phenoxy) is 1. The van der Waals surface area contributed by atoms with Crippen LogP contribution in [0.5, 0.6) is 5.75 Å². The van der Waals surface area contributed by atoms with Gasteiger partial charge in [0.25, 0.3) is 5.91 Å². The fraction of sp³-hybridized carbons (Fsp3) is 0.263. The number of para-hydroxylation sites is 1. The summed E-state index contributed by atoms with van der Waals surface area (Å²) in [6, 6.07) is 16.8. The van der Waals surface area contributed by atoms with Gasteiger partial charge in [0, 0.05) is 0 Å². The SMILES string of the molecule is CCC(Oc1ccccc1C)C(=O)NNC(=O)Cc1ccccc1. The molecule has 2 amide bonds. The van der Waals surface area contributed by atoms with Gasteiger partial charge < -0.3 is 4.74 Å². The van der Waals surface area contributed by atoms with Gasteiger partial charge in [0.1, 0.15) is 5.75 Å². The Labute approximate surface area is 142 Å². The molecular weight excluding hydrogens is 304 g/mol. The van der Waals surface area contributed by atoms with Crippen LogP contribution in [0.15, 0.2) is 54.6 Å². The molecule has 5 heteroatoms. The van der Waals surface area contributed by atoms with Gasteiger partial charge >= 0.3 is 0 Å². The summed E-state index contributed by atoms with van der Waals surface area (Å²) >= 11 is 0. The molecule has 126 valence electrons. The normalized spacial score (nSPS) is 11.4. The lowest BCUT2D eigenvalue weighted by Crippen LogP contribution is -2.48. The number of nitrogens with one attached hydrogen (secondary N) is 2. The van der Waals surface area contributed by atoms with Gasteiger partial charge in [-0.15, -0.1) is 0 Å². The van der Waals surface area contributed by atoms with E-state index in [1.165, 1.54) is 0 Å². The molecule has 5 nitrogen and oxygen atoms in total. The molecule has 0 aliphatic carbocycles. The standard InChI is InChI=1S/C19H22N2O3/c1-3-16(24-17-12-8-7-9-14(17)2)19(23)21-20-18(22)13-15-10-5-4-6-11-15/h4-12,16H,3,13H2,1-2H3,(H,20,22)(H,21,23). The van der Waals surface area contributed by atoms with Crippen LogP contribution in [0.25, 0.3) is 0 Å². The number of hydrogen-bond acceptors (Lipinski definition) is 3. The third-order valence-electron chi connectivity index (χ3n) is 3.56. The Morgan fingerprint density at radius 2 is 1.67 bits per heavy atom. The molecule has 24 heavy (non-hydrogen) atoms. The summed E-state index contributed by atoms with van der Waals surface area (Å²) in [6.07, 6.45) is 0.0359. The first-order valence-corrected chi connectivity index (χ1v) is 7.95. The van der Waals surface area contributed by atoms with Gasteiger partial charge in [0.2, 0.25) is 5.91 Å². The van der Waals surface area contributed by atoms with Crippen LogP contribution in [0, 0.1) is 6.92 Å². The molecule has 0 saturated heterocycles. The van der Waals surface area contributed by atoms with Crippen molar-refractivity contribution in [3.05, 3.63) is 65.7 Å². The summed E-state index contributed by atoms with van der Waals surface area (Å²) in [5.74, 6) is 0.0116. The van der Waals surface area contributed by atoms with Crippen LogP contribution in [-0.2, 0) is 16.0 Å². The van der Waals surface area contributed by atoms with Gasteiger partial charge in [-0.1, -0.05) is 55.5 Å². The zero-order chi connectivity index (χ0) is 17.4. The highest BCUT2D eigenvalue weighted by atomic mass is 16.5. The number of aryl methyl sites for hydroxylation is 1. The lowest BCUT2D eigenvalue weighted by Gasteiger charge is -2.18. The van der Waals surface area contributed by atoms with Crippen molar-refractivity contribution < 1.29 is 14.3 Å². The zero-order valence-corrected chi connectivity index (χ0v) is 13.9. The van der Waals surface area contributed by atoms with E-state index in [4.69, 9.17) is 4.74 Å². The van der Waals surface area contributed by atoms with E-state index in [2.05, 4.69) is 10.9 Å². The van der Waals surface area contributed by atoms with Crippen LogP contribution in [0.4, 0.5) is 0 Å². The maximum atomic E-state index is 12.2. The molecule has 0 aromatic heterocycles. The number of benzene rings is 2. The Morgan fingerprint density at radius 1 is 1.00 bits per heavy atom. The van der Waals surface area contributed by atoms with Crippen LogP contribution in [0.2, 0.25) is 0 Å². The monoisotopic (exact) mass is 326 g/mol. The van der Waals surface area contributed by atoms with Gasteiger partial charge in [-0.25, -0.2) is 0 Å². The Bertz CT molecular complexity index is 686. The summed E-state index contributed by atoms with van der Waals surface area (Å²) in [5.41, 5.74) is 6.69. The molecule has 0 aliphatic rings. The highest BCUT2D eigenvalue weighted by molar-refractivity contribution is 5.85. The van der Waals surface area contributed by atoms with Crippen molar-refractivity contribution >= 4 is 11.8 Å². The molecule has 2 rings (SSSR count). The quantitative estimate of drug-likeness (QED) is 0.802. The largest absolute Gasteiger partial charge is 0.480 e. The fourth-order valence-corrected chi connectivity index (χ4v) is 2.20. The lowest BCUT2D eigenvalue weighted by atomic mass is 10.1. The summed E-state index contributed by atoms with van der Waals surface area (Å²) in [4.78, 5) is 24.1. The Kier molecular flexibility index (Phi) is 6.37. The summed E-state index contributed by atoms with van der Waals surface area (Å²) in [7, 11) is 0. The summed E-state index contributed by atoms with van der Waals surface area (Å²) in [6.45, 7) is 3.77. The summed E-state index contributed by atoms with van der Waals surface area (Å²) in [5, 5.41) is 0. The molecule has 0 heterocycles. The van der Waals surface area contributed by atoms with Gasteiger partial charge in [-0.2, -0.15) is 0 Å². The van der Waals surface area contributed by atoms with Crippen molar-refractivity contribution in [2.75, 3.05) is 0 Å². The predicted octanol–water partition coefficient (Wildman–Crippen LogP) is 2.54. The number of carbonyl (C=O) groups excluding carboxylic acids is 2. The second kappa shape index (κ2) is 8.72. The minimum atomic E-state index is -0.664. The molecule has 1 unspecified atom stereocenters. The van der Waals surface area contributed by atoms with Crippen molar-refractivity contribution in [1.82, 2.24) is 10.9 Å². The highest BCUT2D eigenvalue weighted by Gasteiger charge is 2.19. The van der Waals surface area contributed by atoms with Crippen molar-refractivity contribution in [3.63, 3.8) is 0 Å². The molecule has 0 aliphatic heterocycles. The second-order valence-corrected chi connectivity index (χ2v) is 5.48. The molecule has 2 N–H and O–H groups in total. The van der Waals surface area contributed by atoms with Crippen LogP contribution in [-0.4, -0.2) is 17.9 Å². The zero-order valence-electron chi connectivity index (χ0n) is 13.9. The van der Waals surface area contributed by atoms with E-state index in [-0.39, 0.29) is 18.2 Å². The molecule has 2 aromatic carbocycles. The van der Waals surface area contributed by atoms with E-state index in [1.54, 1.807) is 0 Å². The van der Waals surface area contributed by atoms with Crippen LogP contribution >= 0.6 is 0 Å². The first-order valence-electron chi connectivity index (χ1n) is 7.95. The molecule has 1 atom stereocenters. The number of hydrogen-bond donors (Lipinski definition) is 2. The van der Waals surface area contributed by atoms with E-state index in [0.29, 0.717) is 12.2 Å².